The maximum Gasteiger partial charge on any atom is 0.273 e. The summed E-state index contributed by atoms with van der Waals surface area (Å²) in [6.07, 6.45) is 1.06. The van der Waals surface area contributed by atoms with Gasteiger partial charge in [-0.1, -0.05) is 18.2 Å². The highest BCUT2D eigenvalue weighted by Crippen LogP contribution is 2.19. The minimum Gasteiger partial charge on any atom is -0.258 e. The number of benzene rings is 1. The molecule has 0 bridgehead atoms. The first kappa shape index (κ1) is 12.6. The minimum atomic E-state index is -3.33. The predicted octanol–water partition coefficient (Wildman–Crippen LogP) is 0.986. The summed E-state index contributed by atoms with van der Waals surface area (Å²) >= 11 is 0. The quantitative estimate of drug-likeness (QED) is 0.584. The van der Waals surface area contributed by atoms with Crippen LogP contribution in [0.25, 0.3) is 0 Å². The molecular formula is C9H12N2O4S. The van der Waals surface area contributed by atoms with E-state index in [4.69, 9.17) is 0 Å². The molecule has 1 rings (SSSR count). The lowest BCUT2D eigenvalue weighted by molar-refractivity contribution is -0.385. The van der Waals surface area contributed by atoms with Gasteiger partial charge in [0.1, 0.15) is 0 Å². The first-order chi connectivity index (χ1) is 7.32. The highest BCUT2D eigenvalue weighted by molar-refractivity contribution is 7.88. The van der Waals surface area contributed by atoms with Crippen molar-refractivity contribution in [3.8, 4) is 0 Å². The molecule has 7 heteroatoms. The summed E-state index contributed by atoms with van der Waals surface area (Å²) in [6, 6.07) is 6.08. The number of nitro benzene ring substituents is 1. The molecule has 0 aliphatic carbocycles. The molecule has 0 saturated carbocycles. The van der Waals surface area contributed by atoms with Crippen LogP contribution in [-0.4, -0.2) is 30.9 Å². The number of sulfonamides is 1. The molecule has 16 heavy (non-hydrogen) atoms. The van der Waals surface area contributed by atoms with Gasteiger partial charge in [0.2, 0.25) is 10.0 Å². The van der Waals surface area contributed by atoms with Gasteiger partial charge in [0.15, 0.2) is 0 Å². The fraction of sp³-hybridized carbons (Fsp3) is 0.333. The van der Waals surface area contributed by atoms with Gasteiger partial charge in [-0.3, -0.25) is 10.1 Å². The molecule has 6 nitrogen and oxygen atoms in total. The van der Waals surface area contributed by atoms with Crippen molar-refractivity contribution in [1.82, 2.24) is 4.31 Å². The van der Waals surface area contributed by atoms with E-state index < -0.39 is 14.9 Å². The highest BCUT2D eigenvalue weighted by Gasteiger charge is 2.17. The van der Waals surface area contributed by atoms with E-state index >= 15 is 0 Å². The topological polar surface area (TPSA) is 80.5 Å². The van der Waals surface area contributed by atoms with E-state index in [1.807, 2.05) is 0 Å². The van der Waals surface area contributed by atoms with E-state index in [0.29, 0.717) is 5.56 Å². The van der Waals surface area contributed by atoms with Crippen molar-refractivity contribution in [3.63, 3.8) is 0 Å². The molecule has 0 spiro atoms. The van der Waals surface area contributed by atoms with Crippen LogP contribution in [0, 0.1) is 10.1 Å². The van der Waals surface area contributed by atoms with E-state index in [1.165, 1.54) is 13.1 Å². The zero-order valence-corrected chi connectivity index (χ0v) is 9.77. The zero-order chi connectivity index (χ0) is 12.3. The summed E-state index contributed by atoms with van der Waals surface area (Å²) in [5.74, 6) is 0. The third kappa shape index (κ3) is 3.01. The maximum absolute atomic E-state index is 11.2. The average molecular weight is 244 g/mol. The van der Waals surface area contributed by atoms with Gasteiger partial charge in [-0.05, 0) is 0 Å². The SMILES string of the molecule is CN(Cc1ccccc1[N+](=O)[O-])S(C)(=O)=O. The lowest BCUT2D eigenvalue weighted by Crippen LogP contribution is -2.25. The second-order valence-corrected chi connectivity index (χ2v) is 5.49. The fourth-order valence-electron chi connectivity index (χ4n) is 1.18. The van der Waals surface area contributed by atoms with Crippen LogP contribution in [0.1, 0.15) is 5.56 Å². The van der Waals surface area contributed by atoms with Crippen LogP contribution < -0.4 is 0 Å². The molecule has 0 amide bonds. The molecule has 0 unspecified atom stereocenters. The van der Waals surface area contributed by atoms with E-state index in [2.05, 4.69) is 0 Å². The Morgan fingerprint density at radius 1 is 1.38 bits per heavy atom. The molecule has 0 N–H and O–H groups in total. The highest BCUT2D eigenvalue weighted by atomic mass is 32.2. The van der Waals surface area contributed by atoms with Crippen LogP contribution in [-0.2, 0) is 16.6 Å². The van der Waals surface area contributed by atoms with Crippen LogP contribution in [0.4, 0.5) is 5.69 Å². The zero-order valence-electron chi connectivity index (χ0n) is 8.95. The van der Waals surface area contributed by atoms with Gasteiger partial charge in [-0.25, -0.2) is 12.7 Å². The van der Waals surface area contributed by atoms with Crippen LogP contribution >= 0.6 is 0 Å². The second kappa shape index (κ2) is 4.58. The second-order valence-electron chi connectivity index (χ2n) is 3.40. The molecule has 88 valence electrons. The molecule has 0 fully saturated rings. The smallest absolute Gasteiger partial charge is 0.258 e. The van der Waals surface area contributed by atoms with Crippen molar-refractivity contribution in [2.24, 2.45) is 0 Å². The largest absolute Gasteiger partial charge is 0.273 e. The van der Waals surface area contributed by atoms with Crippen molar-refractivity contribution in [2.45, 2.75) is 6.54 Å². The van der Waals surface area contributed by atoms with E-state index in [0.717, 1.165) is 10.6 Å². The lowest BCUT2D eigenvalue weighted by Gasteiger charge is -2.13. The monoisotopic (exact) mass is 244 g/mol. The Morgan fingerprint density at radius 3 is 2.44 bits per heavy atom. The Balaban J connectivity index is 3.02. The van der Waals surface area contributed by atoms with Crippen molar-refractivity contribution in [1.29, 1.82) is 0 Å². The molecule has 0 aliphatic rings. The normalized spacial score (nSPS) is 11.7. The molecule has 0 aliphatic heterocycles. The number of para-hydroxylation sites is 1. The average Bonchev–Trinajstić information content (AvgIpc) is 2.16. The van der Waals surface area contributed by atoms with Crippen molar-refractivity contribution >= 4 is 15.7 Å². The number of rotatable bonds is 4. The fourth-order valence-corrected chi connectivity index (χ4v) is 1.55. The molecular weight excluding hydrogens is 232 g/mol. The van der Waals surface area contributed by atoms with Gasteiger partial charge in [-0.15, -0.1) is 0 Å². The Kier molecular flexibility index (Phi) is 3.61. The van der Waals surface area contributed by atoms with Crippen molar-refractivity contribution in [2.75, 3.05) is 13.3 Å². The molecule has 0 heterocycles. The standard InChI is InChI=1S/C9H12N2O4S/c1-10(16(2,14)15)7-8-5-3-4-6-9(8)11(12)13/h3-6H,7H2,1-2H3. The van der Waals surface area contributed by atoms with Crippen LogP contribution in [0.3, 0.4) is 0 Å². The summed E-state index contributed by atoms with van der Waals surface area (Å²) < 4.78 is 23.4. The van der Waals surface area contributed by atoms with Crippen LogP contribution in [0.2, 0.25) is 0 Å². The number of nitrogens with zero attached hydrogens (tertiary/aromatic N) is 2. The van der Waals surface area contributed by atoms with E-state index in [-0.39, 0.29) is 12.2 Å². The molecule has 0 radical (unpaired) electrons. The summed E-state index contributed by atoms with van der Waals surface area (Å²) in [4.78, 5) is 10.2. The molecule has 0 atom stereocenters. The van der Waals surface area contributed by atoms with Crippen LogP contribution in [0.15, 0.2) is 24.3 Å². The summed E-state index contributed by atoms with van der Waals surface area (Å²) in [5, 5.41) is 10.7. The van der Waals surface area contributed by atoms with Crippen LogP contribution in [0.5, 0.6) is 0 Å². The van der Waals surface area contributed by atoms with Gasteiger partial charge < -0.3 is 0 Å². The van der Waals surface area contributed by atoms with Gasteiger partial charge in [0.05, 0.1) is 11.2 Å². The van der Waals surface area contributed by atoms with Crippen molar-refractivity contribution in [3.05, 3.63) is 39.9 Å². The summed E-state index contributed by atoms with van der Waals surface area (Å²) in [6.45, 7) is -0.00398. The van der Waals surface area contributed by atoms with Crippen molar-refractivity contribution < 1.29 is 13.3 Å². The predicted molar refractivity (Wildman–Crippen MR) is 59.4 cm³/mol. The molecule has 1 aromatic rings. The number of nitro groups is 1. The third-order valence-corrected chi connectivity index (χ3v) is 3.41. The summed E-state index contributed by atoms with van der Waals surface area (Å²) in [5.41, 5.74) is 0.304. The Bertz CT molecular complexity index is 498. The first-order valence-corrected chi connectivity index (χ1v) is 6.31. The Morgan fingerprint density at radius 2 is 1.94 bits per heavy atom. The first-order valence-electron chi connectivity index (χ1n) is 4.46. The van der Waals surface area contributed by atoms with Gasteiger partial charge >= 0.3 is 0 Å². The van der Waals surface area contributed by atoms with Gasteiger partial charge in [0, 0.05) is 25.2 Å². The number of hydrogen-bond donors (Lipinski definition) is 0. The third-order valence-electron chi connectivity index (χ3n) is 2.15. The number of hydrogen-bond acceptors (Lipinski definition) is 4. The minimum absolute atomic E-state index is 0.00398. The summed E-state index contributed by atoms with van der Waals surface area (Å²) in [7, 11) is -1.95. The van der Waals surface area contributed by atoms with Gasteiger partial charge in [-0.2, -0.15) is 0 Å². The van der Waals surface area contributed by atoms with E-state index in [1.54, 1.807) is 18.2 Å². The van der Waals surface area contributed by atoms with E-state index in [9.17, 15) is 18.5 Å². The lowest BCUT2D eigenvalue weighted by atomic mass is 10.2. The molecule has 0 aromatic heterocycles. The molecule has 0 saturated heterocycles. The Labute approximate surface area is 93.7 Å². The maximum atomic E-state index is 11.2. The Hall–Kier alpha value is -1.47. The molecule has 1 aromatic carbocycles. The van der Waals surface area contributed by atoms with Gasteiger partial charge in [0.25, 0.3) is 5.69 Å².